The van der Waals surface area contributed by atoms with Crippen molar-refractivity contribution in [3.63, 3.8) is 0 Å². The quantitative estimate of drug-likeness (QED) is 0.551. The van der Waals surface area contributed by atoms with Gasteiger partial charge in [-0.3, -0.25) is 0 Å². The maximum absolute atomic E-state index is 11.8. The molecule has 0 aromatic carbocycles. The van der Waals surface area contributed by atoms with E-state index in [2.05, 4.69) is 49.8 Å². The van der Waals surface area contributed by atoms with Crippen LogP contribution in [0.1, 0.15) is 76.6 Å². The van der Waals surface area contributed by atoms with Gasteiger partial charge in [0.05, 0.1) is 18.5 Å². The zero-order chi connectivity index (χ0) is 18.4. The third-order valence-corrected chi connectivity index (χ3v) is 4.66. The standard InChI is InChI=1S/C21H30N2O2/c1-6-12-25-20(24)19-22-14-17(23-19)13-15(2)9-10-18-16(3)8-7-11-21(18,4)5/h9-10,13-14H,6-8,11-12H2,1-5H3,(H,22,23). The highest BCUT2D eigenvalue weighted by atomic mass is 16.5. The van der Waals surface area contributed by atoms with Crippen molar-refractivity contribution in [3.8, 4) is 0 Å². The molecule has 4 heteroatoms. The summed E-state index contributed by atoms with van der Waals surface area (Å²) < 4.78 is 5.08. The Bertz CT molecular complexity index is 705. The van der Waals surface area contributed by atoms with Gasteiger partial charge in [0.15, 0.2) is 0 Å². The number of hydrogen-bond acceptors (Lipinski definition) is 3. The molecule has 0 amide bonds. The fourth-order valence-electron chi connectivity index (χ4n) is 3.29. The van der Waals surface area contributed by atoms with E-state index >= 15 is 0 Å². The smallest absolute Gasteiger partial charge is 0.374 e. The van der Waals surface area contributed by atoms with Gasteiger partial charge in [-0.05, 0) is 62.2 Å². The molecule has 1 heterocycles. The summed E-state index contributed by atoms with van der Waals surface area (Å²) in [5, 5.41) is 0. The molecular weight excluding hydrogens is 312 g/mol. The van der Waals surface area contributed by atoms with Crippen molar-refractivity contribution >= 4 is 12.0 Å². The summed E-state index contributed by atoms with van der Waals surface area (Å²) in [5.74, 6) is -0.150. The second-order valence-electron chi connectivity index (χ2n) is 7.48. The van der Waals surface area contributed by atoms with Crippen molar-refractivity contribution < 1.29 is 9.53 Å². The predicted molar refractivity (Wildman–Crippen MR) is 102 cm³/mol. The van der Waals surface area contributed by atoms with E-state index in [4.69, 9.17) is 4.74 Å². The van der Waals surface area contributed by atoms with Gasteiger partial charge in [0.25, 0.3) is 0 Å². The number of nitrogens with zero attached hydrogens (tertiary/aromatic N) is 1. The van der Waals surface area contributed by atoms with Crippen molar-refractivity contribution in [2.24, 2.45) is 5.41 Å². The number of esters is 1. The third-order valence-electron chi connectivity index (χ3n) is 4.66. The largest absolute Gasteiger partial charge is 0.460 e. The molecule has 2 rings (SSSR count). The molecule has 0 radical (unpaired) electrons. The van der Waals surface area contributed by atoms with E-state index in [9.17, 15) is 4.79 Å². The molecule has 1 aliphatic carbocycles. The van der Waals surface area contributed by atoms with Crippen LogP contribution in [0.2, 0.25) is 0 Å². The van der Waals surface area contributed by atoms with E-state index in [0.717, 1.165) is 17.7 Å². The number of rotatable bonds is 6. The number of H-pyrrole nitrogens is 1. The first-order chi connectivity index (χ1) is 11.8. The summed E-state index contributed by atoms with van der Waals surface area (Å²) >= 11 is 0. The number of imidazole rings is 1. The number of hydrogen-bond donors (Lipinski definition) is 1. The first kappa shape index (κ1) is 19.2. The van der Waals surface area contributed by atoms with Gasteiger partial charge in [0, 0.05) is 0 Å². The van der Waals surface area contributed by atoms with Crippen LogP contribution in [0.15, 0.2) is 35.1 Å². The molecule has 4 nitrogen and oxygen atoms in total. The Balaban J connectivity index is 2.09. The summed E-state index contributed by atoms with van der Waals surface area (Å²) in [7, 11) is 0. The summed E-state index contributed by atoms with van der Waals surface area (Å²) in [6, 6.07) is 0. The molecule has 0 atom stereocenters. The van der Waals surface area contributed by atoms with Gasteiger partial charge in [0.1, 0.15) is 0 Å². The molecule has 25 heavy (non-hydrogen) atoms. The molecule has 0 fully saturated rings. The van der Waals surface area contributed by atoms with Crippen LogP contribution in [-0.4, -0.2) is 22.5 Å². The van der Waals surface area contributed by atoms with Crippen molar-refractivity contribution in [1.82, 2.24) is 9.97 Å². The lowest BCUT2D eigenvalue weighted by atomic mass is 9.72. The normalized spacial score (nSPS) is 18.0. The Morgan fingerprint density at radius 3 is 2.88 bits per heavy atom. The highest BCUT2D eigenvalue weighted by molar-refractivity contribution is 5.85. The van der Waals surface area contributed by atoms with E-state index in [1.807, 2.05) is 13.0 Å². The van der Waals surface area contributed by atoms with Gasteiger partial charge in [0.2, 0.25) is 5.82 Å². The SMILES string of the molecule is CCCOC(=O)c1ncc(C=C(C)C=CC2=C(C)CCCC2(C)C)[nH]1. The van der Waals surface area contributed by atoms with Crippen LogP contribution in [0.4, 0.5) is 0 Å². The number of aromatic amines is 1. The molecular formula is C21H30N2O2. The zero-order valence-corrected chi connectivity index (χ0v) is 16.1. The molecule has 0 aliphatic heterocycles. The number of carbonyl (C=O) groups excluding carboxylic acids is 1. The monoisotopic (exact) mass is 342 g/mol. The van der Waals surface area contributed by atoms with Gasteiger partial charge in [-0.2, -0.15) is 0 Å². The van der Waals surface area contributed by atoms with Crippen LogP contribution in [0, 0.1) is 5.41 Å². The topological polar surface area (TPSA) is 55.0 Å². The zero-order valence-electron chi connectivity index (χ0n) is 16.1. The van der Waals surface area contributed by atoms with E-state index in [-0.39, 0.29) is 11.2 Å². The Hall–Kier alpha value is -2.10. The second-order valence-corrected chi connectivity index (χ2v) is 7.48. The van der Waals surface area contributed by atoms with Gasteiger partial charge in [-0.15, -0.1) is 0 Å². The van der Waals surface area contributed by atoms with Crippen LogP contribution in [-0.2, 0) is 4.74 Å². The van der Waals surface area contributed by atoms with Gasteiger partial charge < -0.3 is 9.72 Å². The van der Waals surface area contributed by atoms with Crippen LogP contribution in [0.25, 0.3) is 6.08 Å². The van der Waals surface area contributed by atoms with E-state index in [1.165, 1.54) is 30.4 Å². The minimum Gasteiger partial charge on any atom is -0.460 e. The van der Waals surface area contributed by atoms with Crippen LogP contribution in [0.3, 0.4) is 0 Å². The van der Waals surface area contributed by atoms with Crippen molar-refractivity contribution in [1.29, 1.82) is 0 Å². The summed E-state index contributed by atoms with van der Waals surface area (Å²) in [5.41, 5.74) is 5.09. The second kappa shape index (κ2) is 8.32. The number of nitrogens with one attached hydrogen (secondary N) is 1. The number of allylic oxidation sites excluding steroid dienone is 5. The Labute approximate surface area is 151 Å². The molecule has 136 valence electrons. The van der Waals surface area contributed by atoms with Gasteiger partial charge in [-0.25, -0.2) is 9.78 Å². The average Bonchev–Trinajstić information content (AvgIpc) is 3.00. The average molecular weight is 342 g/mol. The maximum Gasteiger partial charge on any atom is 0.374 e. The van der Waals surface area contributed by atoms with Crippen molar-refractivity contribution in [2.75, 3.05) is 6.61 Å². The van der Waals surface area contributed by atoms with Crippen LogP contribution >= 0.6 is 0 Å². The number of carbonyl (C=O) groups is 1. The Morgan fingerprint density at radius 2 is 2.20 bits per heavy atom. The van der Waals surface area contributed by atoms with Crippen LogP contribution < -0.4 is 0 Å². The lowest BCUT2D eigenvalue weighted by Gasteiger charge is -2.32. The van der Waals surface area contributed by atoms with Crippen molar-refractivity contribution in [2.45, 2.75) is 60.3 Å². The van der Waals surface area contributed by atoms with Gasteiger partial charge in [-0.1, -0.05) is 38.5 Å². The van der Waals surface area contributed by atoms with Crippen LogP contribution in [0.5, 0.6) is 0 Å². The summed E-state index contributed by atoms with van der Waals surface area (Å²) in [6.07, 6.45) is 12.5. The third kappa shape index (κ3) is 5.18. The highest BCUT2D eigenvalue weighted by Gasteiger charge is 2.26. The molecule has 0 unspecified atom stereocenters. The molecule has 1 aliphatic rings. The first-order valence-electron chi connectivity index (χ1n) is 9.12. The molecule has 1 N–H and O–H groups in total. The molecule has 0 bridgehead atoms. The molecule has 1 aromatic rings. The summed E-state index contributed by atoms with van der Waals surface area (Å²) in [6.45, 7) is 11.3. The minimum absolute atomic E-state index is 0.239. The lowest BCUT2D eigenvalue weighted by molar-refractivity contribution is 0.0492. The molecule has 1 aromatic heterocycles. The first-order valence-corrected chi connectivity index (χ1v) is 9.12. The molecule has 0 saturated carbocycles. The Morgan fingerprint density at radius 1 is 1.44 bits per heavy atom. The minimum atomic E-state index is -0.403. The number of aromatic nitrogens is 2. The lowest BCUT2D eigenvalue weighted by Crippen LogP contribution is -2.19. The Kier molecular flexibility index (Phi) is 6.40. The maximum atomic E-state index is 11.8. The number of ether oxygens (including phenoxy) is 1. The predicted octanol–water partition coefficient (Wildman–Crippen LogP) is 5.46. The fourth-order valence-corrected chi connectivity index (χ4v) is 3.29. The molecule has 0 spiro atoms. The van der Waals surface area contributed by atoms with E-state index in [0.29, 0.717) is 6.61 Å². The van der Waals surface area contributed by atoms with E-state index < -0.39 is 5.97 Å². The van der Waals surface area contributed by atoms with Gasteiger partial charge >= 0.3 is 5.97 Å². The highest BCUT2D eigenvalue weighted by Crippen LogP contribution is 2.40. The summed E-state index contributed by atoms with van der Waals surface area (Å²) in [4.78, 5) is 18.9. The fraction of sp³-hybridized carbons (Fsp3) is 0.524. The molecule has 0 saturated heterocycles. The van der Waals surface area contributed by atoms with E-state index in [1.54, 1.807) is 6.20 Å². The van der Waals surface area contributed by atoms with Crippen molar-refractivity contribution in [3.05, 3.63) is 46.6 Å².